The van der Waals surface area contributed by atoms with Crippen molar-refractivity contribution < 1.29 is 14.3 Å². The fourth-order valence-corrected chi connectivity index (χ4v) is 5.03. The molecule has 1 spiro atoms. The van der Waals surface area contributed by atoms with Crippen LogP contribution in [0.2, 0.25) is 0 Å². The van der Waals surface area contributed by atoms with Crippen LogP contribution in [-0.4, -0.2) is 63.3 Å². The molecule has 4 heterocycles. The standard InChI is InChI=1S/C27H31N5O3/c1-19-5-8-23(9-6-19)31-18-27(35-17-25(31)33)11-4-13-30(14-12-27)26(34)22-7-10-24(28-16-22)32-21(3)15-20(2)29-32/h5-10,15-16H,4,11-14,17-18H2,1-3H3/t27-/m1/s1. The minimum absolute atomic E-state index is 0.0227. The number of likely N-dealkylation sites (tertiary alicyclic amines) is 1. The second-order valence-corrected chi connectivity index (χ2v) is 9.68. The van der Waals surface area contributed by atoms with E-state index in [1.165, 1.54) is 0 Å². The van der Waals surface area contributed by atoms with Crippen molar-refractivity contribution in [3.63, 3.8) is 0 Å². The van der Waals surface area contributed by atoms with Gasteiger partial charge in [-0.15, -0.1) is 0 Å². The minimum Gasteiger partial charge on any atom is -0.363 e. The molecular weight excluding hydrogens is 442 g/mol. The van der Waals surface area contributed by atoms with Crippen LogP contribution in [-0.2, 0) is 9.53 Å². The lowest BCUT2D eigenvalue weighted by molar-refractivity contribution is -0.140. The normalized spacial score (nSPS) is 20.8. The summed E-state index contributed by atoms with van der Waals surface area (Å²) in [4.78, 5) is 34.1. The number of amides is 2. The molecule has 0 radical (unpaired) electrons. The quantitative estimate of drug-likeness (QED) is 0.581. The van der Waals surface area contributed by atoms with Crippen LogP contribution < -0.4 is 4.90 Å². The second-order valence-electron chi connectivity index (χ2n) is 9.68. The van der Waals surface area contributed by atoms with Gasteiger partial charge < -0.3 is 14.5 Å². The summed E-state index contributed by atoms with van der Waals surface area (Å²) in [5.74, 6) is 0.639. The predicted molar refractivity (Wildman–Crippen MR) is 133 cm³/mol. The highest BCUT2D eigenvalue weighted by atomic mass is 16.5. The van der Waals surface area contributed by atoms with Crippen molar-refractivity contribution in [1.82, 2.24) is 19.7 Å². The van der Waals surface area contributed by atoms with Crippen molar-refractivity contribution >= 4 is 17.5 Å². The first-order chi connectivity index (χ1) is 16.8. The first-order valence-corrected chi connectivity index (χ1v) is 12.1. The number of pyridine rings is 1. The van der Waals surface area contributed by atoms with Gasteiger partial charge in [-0.2, -0.15) is 5.10 Å². The van der Waals surface area contributed by atoms with Crippen molar-refractivity contribution in [2.45, 2.75) is 45.6 Å². The van der Waals surface area contributed by atoms with Crippen molar-refractivity contribution in [2.75, 3.05) is 31.1 Å². The van der Waals surface area contributed by atoms with E-state index in [1.54, 1.807) is 10.9 Å². The van der Waals surface area contributed by atoms with Gasteiger partial charge in [0.2, 0.25) is 0 Å². The smallest absolute Gasteiger partial charge is 0.255 e. The van der Waals surface area contributed by atoms with E-state index in [1.807, 2.05) is 73.0 Å². The van der Waals surface area contributed by atoms with Crippen LogP contribution >= 0.6 is 0 Å². The Bertz CT molecular complexity index is 1230. The lowest BCUT2D eigenvalue weighted by Gasteiger charge is -2.42. The molecular formula is C27H31N5O3. The largest absolute Gasteiger partial charge is 0.363 e. The molecule has 1 aromatic carbocycles. The van der Waals surface area contributed by atoms with Gasteiger partial charge >= 0.3 is 0 Å². The zero-order chi connectivity index (χ0) is 24.6. The Morgan fingerprint density at radius 2 is 1.83 bits per heavy atom. The fourth-order valence-electron chi connectivity index (χ4n) is 5.03. The second kappa shape index (κ2) is 9.26. The van der Waals surface area contributed by atoms with E-state index in [-0.39, 0.29) is 18.4 Å². The van der Waals surface area contributed by atoms with Gasteiger partial charge in [0.25, 0.3) is 11.8 Å². The maximum Gasteiger partial charge on any atom is 0.255 e. The van der Waals surface area contributed by atoms with Gasteiger partial charge in [-0.05, 0) is 70.4 Å². The first kappa shape index (κ1) is 23.2. The Labute approximate surface area is 205 Å². The third-order valence-electron chi connectivity index (χ3n) is 7.00. The highest BCUT2D eigenvalue weighted by Crippen LogP contribution is 2.33. The van der Waals surface area contributed by atoms with Crippen LogP contribution in [0.15, 0.2) is 48.7 Å². The van der Waals surface area contributed by atoms with Crippen LogP contribution in [0.3, 0.4) is 0 Å². The monoisotopic (exact) mass is 473 g/mol. The predicted octanol–water partition coefficient (Wildman–Crippen LogP) is 3.62. The highest BCUT2D eigenvalue weighted by molar-refractivity contribution is 5.95. The van der Waals surface area contributed by atoms with Crippen molar-refractivity contribution in [1.29, 1.82) is 0 Å². The molecule has 1 atom stereocenters. The number of carbonyl (C=O) groups excluding carboxylic acids is 2. The first-order valence-electron chi connectivity index (χ1n) is 12.1. The number of morpholine rings is 1. The summed E-state index contributed by atoms with van der Waals surface area (Å²) >= 11 is 0. The number of hydrogen-bond acceptors (Lipinski definition) is 5. The molecule has 0 saturated carbocycles. The van der Waals surface area contributed by atoms with E-state index < -0.39 is 5.60 Å². The van der Waals surface area contributed by atoms with Gasteiger partial charge in [-0.25, -0.2) is 9.67 Å². The SMILES string of the molecule is Cc1ccc(N2C[C@]3(CCCN(C(=O)c4ccc(-n5nc(C)cc5C)nc4)CC3)OCC2=O)cc1. The molecule has 2 amide bonds. The number of aromatic nitrogens is 3. The number of hydrogen-bond donors (Lipinski definition) is 0. The highest BCUT2D eigenvalue weighted by Gasteiger charge is 2.42. The number of benzene rings is 1. The van der Waals surface area contributed by atoms with Crippen molar-refractivity contribution in [3.8, 4) is 5.82 Å². The summed E-state index contributed by atoms with van der Waals surface area (Å²) in [6, 6.07) is 13.7. The number of carbonyl (C=O) groups is 2. The molecule has 0 aliphatic carbocycles. The molecule has 0 unspecified atom stereocenters. The zero-order valence-electron chi connectivity index (χ0n) is 20.5. The molecule has 0 N–H and O–H groups in total. The number of anilines is 1. The van der Waals surface area contributed by atoms with Gasteiger partial charge in [0.05, 0.1) is 23.4 Å². The molecule has 2 aliphatic rings. The zero-order valence-corrected chi connectivity index (χ0v) is 20.5. The Balaban J connectivity index is 1.27. The Morgan fingerprint density at radius 1 is 1.03 bits per heavy atom. The van der Waals surface area contributed by atoms with E-state index in [2.05, 4.69) is 10.1 Å². The van der Waals surface area contributed by atoms with Crippen LogP contribution in [0.4, 0.5) is 5.69 Å². The molecule has 0 bridgehead atoms. The maximum atomic E-state index is 13.3. The molecule has 8 nitrogen and oxygen atoms in total. The lowest BCUT2D eigenvalue weighted by Crippen LogP contribution is -2.55. The summed E-state index contributed by atoms with van der Waals surface area (Å²) in [5, 5.41) is 4.46. The Morgan fingerprint density at radius 3 is 2.51 bits per heavy atom. The Kier molecular flexibility index (Phi) is 6.15. The average Bonchev–Trinajstić information content (AvgIpc) is 3.07. The van der Waals surface area contributed by atoms with Crippen molar-refractivity contribution in [2.24, 2.45) is 0 Å². The molecule has 2 aromatic heterocycles. The van der Waals surface area contributed by atoms with E-state index in [0.717, 1.165) is 35.5 Å². The van der Waals surface area contributed by atoms with Crippen LogP contribution in [0.1, 0.15) is 46.6 Å². The van der Waals surface area contributed by atoms with Crippen LogP contribution in [0.25, 0.3) is 5.82 Å². The third-order valence-corrected chi connectivity index (χ3v) is 7.00. The number of aryl methyl sites for hydroxylation is 3. The van der Waals surface area contributed by atoms with Gasteiger partial charge in [-0.1, -0.05) is 17.7 Å². The summed E-state index contributed by atoms with van der Waals surface area (Å²) in [6.07, 6.45) is 3.94. The molecule has 2 fully saturated rings. The third kappa shape index (κ3) is 4.71. The van der Waals surface area contributed by atoms with Crippen molar-refractivity contribution in [3.05, 3.63) is 71.2 Å². The Hall–Kier alpha value is -3.52. The fraction of sp³-hybridized carbons (Fsp3) is 0.407. The maximum absolute atomic E-state index is 13.3. The van der Waals surface area contributed by atoms with Gasteiger partial charge in [0, 0.05) is 30.7 Å². The summed E-state index contributed by atoms with van der Waals surface area (Å²) < 4.78 is 7.91. The molecule has 8 heteroatoms. The van der Waals surface area contributed by atoms with Crippen LogP contribution in [0, 0.1) is 20.8 Å². The van der Waals surface area contributed by atoms with Crippen LogP contribution in [0.5, 0.6) is 0 Å². The molecule has 2 aliphatic heterocycles. The molecule has 5 rings (SSSR count). The van der Waals surface area contributed by atoms with E-state index in [9.17, 15) is 9.59 Å². The number of rotatable bonds is 3. The van der Waals surface area contributed by atoms with Gasteiger partial charge in [0.1, 0.15) is 6.61 Å². The van der Waals surface area contributed by atoms with E-state index >= 15 is 0 Å². The molecule has 35 heavy (non-hydrogen) atoms. The summed E-state index contributed by atoms with van der Waals surface area (Å²) in [6.45, 7) is 7.77. The van der Waals surface area contributed by atoms with E-state index in [0.29, 0.717) is 37.4 Å². The van der Waals surface area contributed by atoms with E-state index in [4.69, 9.17) is 4.74 Å². The van der Waals surface area contributed by atoms with Gasteiger partial charge in [0.15, 0.2) is 5.82 Å². The number of nitrogens with zero attached hydrogens (tertiary/aromatic N) is 5. The molecule has 2 saturated heterocycles. The average molecular weight is 474 g/mol. The lowest BCUT2D eigenvalue weighted by atomic mass is 9.92. The number of ether oxygens (including phenoxy) is 1. The van der Waals surface area contributed by atoms with Gasteiger partial charge in [-0.3, -0.25) is 9.59 Å². The summed E-state index contributed by atoms with van der Waals surface area (Å²) in [7, 11) is 0. The summed E-state index contributed by atoms with van der Waals surface area (Å²) in [5.41, 5.74) is 4.10. The minimum atomic E-state index is -0.439. The molecule has 3 aromatic rings. The molecule has 182 valence electrons. The topological polar surface area (TPSA) is 80.6 Å².